The smallest absolute Gasteiger partial charge is 0.337 e. The highest BCUT2D eigenvalue weighted by Crippen LogP contribution is 2.46. The van der Waals surface area contributed by atoms with Gasteiger partial charge in [0, 0.05) is 0 Å². The van der Waals surface area contributed by atoms with E-state index >= 15 is 0 Å². The zero-order valence-corrected chi connectivity index (χ0v) is 13.8. The van der Waals surface area contributed by atoms with Gasteiger partial charge in [-0.3, -0.25) is 9.69 Å². The molecule has 0 aromatic rings. The van der Waals surface area contributed by atoms with Crippen molar-refractivity contribution < 1.29 is 24.5 Å². The zero-order valence-electron chi connectivity index (χ0n) is 13.8. The third kappa shape index (κ3) is 3.37. The number of aliphatic hydroxyl groups is 1. The highest BCUT2D eigenvalue weighted by Gasteiger charge is 2.64. The van der Waals surface area contributed by atoms with Crippen LogP contribution in [0.2, 0.25) is 0 Å². The van der Waals surface area contributed by atoms with E-state index in [1.165, 1.54) is 30.2 Å². The Morgan fingerprint density at radius 3 is 2.52 bits per heavy atom. The molecule has 0 radical (unpaired) electrons. The number of fused-ring (bicyclic) bond motifs is 1. The summed E-state index contributed by atoms with van der Waals surface area (Å²) in [5.74, 6) is -1.05. The number of rotatable bonds is 10. The predicted molar refractivity (Wildman–Crippen MR) is 84.5 cm³/mol. The summed E-state index contributed by atoms with van der Waals surface area (Å²) in [6.07, 6.45) is 9.00. The first kappa shape index (κ1) is 17.8. The summed E-state index contributed by atoms with van der Waals surface area (Å²) in [5.41, 5.74) is -1.42. The lowest BCUT2D eigenvalue weighted by atomic mass is 9.86. The molecule has 1 amide bonds. The van der Waals surface area contributed by atoms with Crippen molar-refractivity contribution in [2.45, 2.75) is 76.5 Å². The molecule has 0 aliphatic carbocycles. The number of carbonyl (C=O) groups excluding carboxylic acids is 1. The molecule has 2 atom stereocenters. The maximum absolute atomic E-state index is 12.0. The Bertz CT molecular complexity index is 476. The Morgan fingerprint density at radius 2 is 1.96 bits per heavy atom. The van der Waals surface area contributed by atoms with Gasteiger partial charge in [0.25, 0.3) is 0 Å². The van der Waals surface area contributed by atoms with Gasteiger partial charge >= 0.3 is 5.97 Å². The second-order valence-electron chi connectivity index (χ2n) is 6.33. The van der Waals surface area contributed by atoms with Gasteiger partial charge in [-0.15, -0.1) is 0 Å². The molecule has 2 aliphatic heterocycles. The minimum atomic E-state index is -1.42. The highest BCUT2D eigenvalue weighted by atomic mass is 16.5. The molecule has 0 aromatic carbocycles. The predicted octanol–water partition coefficient (Wildman–Crippen LogP) is 2.42. The van der Waals surface area contributed by atoms with Crippen LogP contribution in [0.1, 0.15) is 64.7 Å². The monoisotopic (exact) mass is 325 g/mol. The summed E-state index contributed by atoms with van der Waals surface area (Å²) in [7, 11) is 0. The molecule has 2 saturated heterocycles. The van der Waals surface area contributed by atoms with E-state index in [-0.39, 0.29) is 24.7 Å². The molecule has 2 rings (SSSR count). The van der Waals surface area contributed by atoms with E-state index in [1.807, 2.05) is 0 Å². The first-order valence-corrected chi connectivity index (χ1v) is 8.61. The summed E-state index contributed by atoms with van der Waals surface area (Å²) in [6, 6.07) is 0. The van der Waals surface area contributed by atoms with E-state index in [1.54, 1.807) is 0 Å². The van der Waals surface area contributed by atoms with Crippen LogP contribution in [0.15, 0.2) is 11.8 Å². The van der Waals surface area contributed by atoms with Crippen molar-refractivity contribution in [1.29, 1.82) is 0 Å². The first-order chi connectivity index (χ1) is 11.1. The number of nitrogens with zero attached hydrogens (tertiary/aromatic N) is 1. The fraction of sp³-hybridized carbons (Fsp3) is 0.765. The van der Waals surface area contributed by atoms with Crippen LogP contribution in [0.25, 0.3) is 0 Å². The number of amides is 1. The minimum absolute atomic E-state index is 0.193. The fourth-order valence-electron chi connectivity index (χ4n) is 3.50. The van der Waals surface area contributed by atoms with Gasteiger partial charge in [0.05, 0.1) is 13.0 Å². The molecule has 6 nitrogen and oxygen atoms in total. The standard InChI is InChI=1S/C17H27NO5/c1-2-3-4-5-6-7-8-10-17(16(21)22)13(9-11-19)23-15-12-14(20)18(15)17/h9,15,19H,2-8,10-12H2,1H3,(H,21,22)/b13-9-/t15-,17-/m1/s1. The quantitative estimate of drug-likeness (QED) is 0.476. The molecule has 0 saturated carbocycles. The zero-order chi connectivity index (χ0) is 16.9. The summed E-state index contributed by atoms with van der Waals surface area (Å²) in [6.45, 7) is 1.88. The lowest BCUT2D eigenvalue weighted by Crippen LogP contribution is -2.62. The van der Waals surface area contributed by atoms with Gasteiger partial charge in [-0.05, 0) is 12.5 Å². The molecule has 130 valence electrons. The number of unbranched alkanes of at least 4 members (excludes halogenated alkanes) is 6. The van der Waals surface area contributed by atoms with E-state index in [2.05, 4.69) is 6.92 Å². The second-order valence-corrected chi connectivity index (χ2v) is 6.33. The van der Waals surface area contributed by atoms with Gasteiger partial charge in [0.2, 0.25) is 11.4 Å². The van der Waals surface area contributed by atoms with E-state index in [0.29, 0.717) is 6.42 Å². The van der Waals surface area contributed by atoms with E-state index in [4.69, 9.17) is 9.84 Å². The van der Waals surface area contributed by atoms with Gasteiger partial charge in [-0.2, -0.15) is 0 Å². The van der Waals surface area contributed by atoms with Gasteiger partial charge in [-0.1, -0.05) is 51.9 Å². The highest BCUT2D eigenvalue weighted by molar-refractivity contribution is 5.94. The lowest BCUT2D eigenvalue weighted by molar-refractivity contribution is -0.171. The average molecular weight is 325 g/mol. The van der Waals surface area contributed by atoms with Crippen LogP contribution in [0.3, 0.4) is 0 Å². The number of carbonyl (C=O) groups is 2. The normalized spacial score (nSPS) is 27.7. The third-order valence-electron chi connectivity index (χ3n) is 4.76. The number of carboxylic acid groups (broad SMARTS) is 1. The van der Waals surface area contributed by atoms with E-state index < -0.39 is 17.7 Å². The van der Waals surface area contributed by atoms with Crippen molar-refractivity contribution in [3.05, 3.63) is 11.8 Å². The maximum Gasteiger partial charge on any atom is 0.337 e. The van der Waals surface area contributed by atoms with Crippen LogP contribution >= 0.6 is 0 Å². The van der Waals surface area contributed by atoms with Gasteiger partial charge in [0.15, 0.2) is 6.23 Å². The van der Waals surface area contributed by atoms with Crippen LogP contribution in [-0.2, 0) is 14.3 Å². The molecule has 6 heteroatoms. The molecular weight excluding hydrogens is 298 g/mol. The number of carboxylic acids is 1. The topological polar surface area (TPSA) is 87.1 Å². The van der Waals surface area contributed by atoms with Crippen molar-refractivity contribution in [2.75, 3.05) is 6.61 Å². The Balaban J connectivity index is 1.98. The molecule has 0 bridgehead atoms. The molecule has 0 aromatic heterocycles. The molecule has 2 heterocycles. The lowest BCUT2D eigenvalue weighted by Gasteiger charge is -2.40. The van der Waals surface area contributed by atoms with Crippen molar-refractivity contribution in [1.82, 2.24) is 4.90 Å². The summed E-state index contributed by atoms with van der Waals surface area (Å²) >= 11 is 0. The Hall–Kier alpha value is -1.56. The molecule has 2 N–H and O–H groups in total. The van der Waals surface area contributed by atoms with E-state index in [9.17, 15) is 14.7 Å². The van der Waals surface area contributed by atoms with Crippen LogP contribution in [-0.4, -0.2) is 45.4 Å². The van der Waals surface area contributed by atoms with Crippen molar-refractivity contribution >= 4 is 11.9 Å². The Kier molecular flexibility index (Phi) is 6.04. The number of aliphatic hydroxyl groups excluding tert-OH is 1. The number of aliphatic carboxylic acids is 1. The molecule has 23 heavy (non-hydrogen) atoms. The molecule has 2 aliphatic rings. The van der Waals surface area contributed by atoms with Crippen LogP contribution < -0.4 is 0 Å². The third-order valence-corrected chi connectivity index (χ3v) is 4.76. The number of ether oxygens (including phenoxy) is 1. The molecular formula is C17H27NO5. The van der Waals surface area contributed by atoms with E-state index in [0.717, 1.165) is 25.7 Å². The van der Waals surface area contributed by atoms with Crippen LogP contribution in [0, 0.1) is 0 Å². The van der Waals surface area contributed by atoms with Gasteiger partial charge < -0.3 is 14.9 Å². The Labute approximate surface area is 137 Å². The van der Waals surface area contributed by atoms with Crippen LogP contribution in [0.4, 0.5) is 0 Å². The molecule has 0 spiro atoms. The summed E-state index contributed by atoms with van der Waals surface area (Å²) in [4.78, 5) is 25.2. The van der Waals surface area contributed by atoms with Gasteiger partial charge in [0.1, 0.15) is 5.76 Å². The first-order valence-electron chi connectivity index (χ1n) is 8.61. The van der Waals surface area contributed by atoms with Crippen LogP contribution in [0.5, 0.6) is 0 Å². The number of hydrogen-bond donors (Lipinski definition) is 2. The number of hydrogen-bond acceptors (Lipinski definition) is 4. The Morgan fingerprint density at radius 1 is 1.30 bits per heavy atom. The summed E-state index contributed by atoms with van der Waals surface area (Å²) in [5, 5.41) is 18.9. The van der Waals surface area contributed by atoms with Crippen molar-refractivity contribution in [3.63, 3.8) is 0 Å². The minimum Gasteiger partial charge on any atom is -0.479 e. The fourth-order valence-corrected chi connectivity index (χ4v) is 3.50. The van der Waals surface area contributed by atoms with Crippen molar-refractivity contribution in [2.24, 2.45) is 0 Å². The molecule has 2 fully saturated rings. The largest absolute Gasteiger partial charge is 0.479 e. The SMILES string of the molecule is CCCCCCCCC[C@]1(C(=O)O)/C(=C/CO)O[C@@H]2CC(=O)N21. The summed E-state index contributed by atoms with van der Waals surface area (Å²) < 4.78 is 5.58. The van der Waals surface area contributed by atoms with Gasteiger partial charge in [-0.25, -0.2) is 4.79 Å². The number of β-lactam (4-membered cyclic amide) rings is 1. The maximum atomic E-state index is 12.0. The average Bonchev–Trinajstić information content (AvgIpc) is 2.76. The molecule has 0 unspecified atom stereocenters. The van der Waals surface area contributed by atoms with Crippen molar-refractivity contribution in [3.8, 4) is 0 Å². The second kappa shape index (κ2) is 7.81.